The Hall–Kier alpha value is -1.32. The van der Waals surface area contributed by atoms with E-state index >= 15 is 0 Å². The Morgan fingerprint density at radius 1 is 1.31 bits per heavy atom. The Kier molecular flexibility index (Phi) is 5.78. The second kappa shape index (κ2) is 6.30. The predicted molar refractivity (Wildman–Crippen MR) is 62.9 cm³/mol. The van der Waals surface area contributed by atoms with Gasteiger partial charge in [0.2, 0.25) is 5.91 Å². The first-order valence-corrected chi connectivity index (χ1v) is 5.36. The highest BCUT2D eigenvalue weighted by molar-refractivity contribution is 5.86. The van der Waals surface area contributed by atoms with Crippen LogP contribution in [0.25, 0.3) is 0 Å². The lowest BCUT2D eigenvalue weighted by Gasteiger charge is -2.17. The highest BCUT2D eigenvalue weighted by Crippen LogP contribution is 2.11. The van der Waals surface area contributed by atoms with Gasteiger partial charge in [0.15, 0.2) is 0 Å². The highest BCUT2D eigenvalue weighted by atomic mass is 16.5. The molecule has 0 aliphatic rings. The summed E-state index contributed by atoms with van der Waals surface area (Å²) in [6.07, 6.45) is 0.612. The maximum Gasteiger partial charge on any atom is 0.333 e. The largest absolute Gasteiger partial charge is 0.462 e. The zero-order valence-electron chi connectivity index (χ0n) is 10.6. The molecule has 0 bridgehead atoms. The molecule has 4 nitrogen and oxygen atoms in total. The smallest absolute Gasteiger partial charge is 0.333 e. The third kappa shape index (κ3) is 6.22. The molecule has 4 heteroatoms. The van der Waals surface area contributed by atoms with Crippen LogP contribution in [-0.4, -0.2) is 25.0 Å². The minimum atomic E-state index is -0.387. The van der Waals surface area contributed by atoms with Crippen molar-refractivity contribution in [3.05, 3.63) is 12.2 Å². The number of carbonyl (C=O) groups excluding carboxylic acids is 2. The van der Waals surface area contributed by atoms with Gasteiger partial charge in [-0.2, -0.15) is 0 Å². The average Bonchev–Trinajstić information content (AvgIpc) is 2.14. The van der Waals surface area contributed by atoms with E-state index in [9.17, 15) is 9.59 Å². The summed E-state index contributed by atoms with van der Waals surface area (Å²) in [5.41, 5.74) is 0.00714. The molecule has 0 saturated heterocycles. The van der Waals surface area contributed by atoms with Crippen LogP contribution in [-0.2, 0) is 14.3 Å². The number of ether oxygens (including phenoxy) is 1. The van der Waals surface area contributed by atoms with Gasteiger partial charge in [-0.3, -0.25) is 4.79 Å². The molecule has 0 aliphatic carbocycles. The normalized spacial score (nSPS) is 10.8. The first kappa shape index (κ1) is 14.7. The number of rotatable bonds is 5. The van der Waals surface area contributed by atoms with Crippen molar-refractivity contribution in [2.24, 2.45) is 5.41 Å². The molecule has 0 saturated carbocycles. The molecule has 0 atom stereocenters. The van der Waals surface area contributed by atoms with E-state index < -0.39 is 0 Å². The quantitative estimate of drug-likeness (QED) is 0.441. The maximum absolute atomic E-state index is 11.4. The molecule has 0 rings (SSSR count). The molecule has 0 heterocycles. The van der Waals surface area contributed by atoms with Gasteiger partial charge in [-0.05, 0) is 13.3 Å². The summed E-state index contributed by atoms with van der Waals surface area (Å²) in [7, 11) is 0. The van der Waals surface area contributed by atoms with E-state index in [0.717, 1.165) is 0 Å². The van der Waals surface area contributed by atoms with Gasteiger partial charge in [-0.15, -0.1) is 0 Å². The van der Waals surface area contributed by atoms with E-state index in [1.165, 1.54) is 0 Å². The Labute approximate surface area is 97.1 Å². The number of esters is 1. The Morgan fingerprint density at radius 2 is 1.88 bits per heavy atom. The number of amides is 1. The zero-order chi connectivity index (χ0) is 12.8. The van der Waals surface area contributed by atoms with Crippen LogP contribution in [0.3, 0.4) is 0 Å². The fraction of sp³-hybridized carbons (Fsp3) is 0.667. The summed E-state index contributed by atoms with van der Waals surface area (Å²) in [5.74, 6) is -0.388. The molecule has 1 amide bonds. The van der Waals surface area contributed by atoms with Gasteiger partial charge in [0.25, 0.3) is 0 Å². The number of nitrogens with one attached hydrogen (secondary N) is 1. The summed E-state index contributed by atoms with van der Waals surface area (Å²) in [4.78, 5) is 22.4. The molecule has 1 N–H and O–H groups in total. The van der Waals surface area contributed by atoms with Gasteiger partial charge in [-0.25, -0.2) is 4.79 Å². The second-order valence-corrected chi connectivity index (χ2v) is 4.78. The first-order chi connectivity index (χ1) is 7.25. The van der Waals surface area contributed by atoms with Crippen LogP contribution in [0.4, 0.5) is 0 Å². The van der Waals surface area contributed by atoms with Crippen LogP contribution < -0.4 is 5.32 Å². The SMILES string of the molecule is C=C(C)C(=O)OCCCNC(=O)C(C)(C)C. The molecule has 0 aromatic rings. The third-order valence-corrected chi connectivity index (χ3v) is 1.87. The van der Waals surface area contributed by atoms with Crippen molar-refractivity contribution in [2.45, 2.75) is 34.1 Å². The molecule has 0 spiro atoms. The van der Waals surface area contributed by atoms with E-state index in [1.807, 2.05) is 20.8 Å². The molecule has 0 aromatic carbocycles. The van der Waals surface area contributed by atoms with Crippen molar-refractivity contribution >= 4 is 11.9 Å². The summed E-state index contributed by atoms with van der Waals surface area (Å²) >= 11 is 0. The van der Waals surface area contributed by atoms with E-state index in [2.05, 4.69) is 11.9 Å². The van der Waals surface area contributed by atoms with E-state index in [0.29, 0.717) is 25.1 Å². The molecule has 92 valence electrons. The summed E-state index contributed by atoms with van der Waals surface area (Å²) in [6.45, 7) is 11.4. The van der Waals surface area contributed by atoms with Crippen LogP contribution >= 0.6 is 0 Å². The molecule has 16 heavy (non-hydrogen) atoms. The summed E-state index contributed by atoms with van der Waals surface area (Å²) in [5, 5.41) is 2.77. The lowest BCUT2D eigenvalue weighted by molar-refractivity contribution is -0.139. The highest BCUT2D eigenvalue weighted by Gasteiger charge is 2.20. The Balaban J connectivity index is 3.59. The fourth-order valence-corrected chi connectivity index (χ4v) is 0.827. The number of hydrogen-bond donors (Lipinski definition) is 1. The van der Waals surface area contributed by atoms with E-state index in [1.54, 1.807) is 6.92 Å². The van der Waals surface area contributed by atoms with Crippen LogP contribution in [0.1, 0.15) is 34.1 Å². The molecule has 0 unspecified atom stereocenters. The van der Waals surface area contributed by atoms with Gasteiger partial charge in [-0.1, -0.05) is 27.4 Å². The Morgan fingerprint density at radius 3 is 2.31 bits per heavy atom. The second-order valence-electron chi connectivity index (χ2n) is 4.78. The van der Waals surface area contributed by atoms with E-state index in [-0.39, 0.29) is 17.3 Å². The van der Waals surface area contributed by atoms with Crippen LogP contribution in [0, 0.1) is 5.41 Å². The zero-order valence-corrected chi connectivity index (χ0v) is 10.6. The fourth-order valence-electron chi connectivity index (χ4n) is 0.827. The van der Waals surface area contributed by atoms with Crippen LogP contribution in [0.15, 0.2) is 12.2 Å². The van der Waals surface area contributed by atoms with Crippen LogP contribution in [0.5, 0.6) is 0 Å². The van der Waals surface area contributed by atoms with Gasteiger partial charge >= 0.3 is 5.97 Å². The number of hydrogen-bond acceptors (Lipinski definition) is 3. The van der Waals surface area contributed by atoms with Crippen molar-refractivity contribution < 1.29 is 14.3 Å². The van der Waals surface area contributed by atoms with Gasteiger partial charge < -0.3 is 10.1 Å². The van der Waals surface area contributed by atoms with Crippen molar-refractivity contribution in [3.8, 4) is 0 Å². The summed E-state index contributed by atoms with van der Waals surface area (Å²) in [6, 6.07) is 0. The number of carbonyl (C=O) groups is 2. The van der Waals surface area contributed by atoms with Gasteiger partial charge in [0.05, 0.1) is 6.61 Å². The van der Waals surface area contributed by atoms with Crippen molar-refractivity contribution in [3.63, 3.8) is 0 Å². The van der Waals surface area contributed by atoms with Crippen molar-refractivity contribution in [2.75, 3.05) is 13.2 Å². The topological polar surface area (TPSA) is 55.4 Å². The predicted octanol–water partition coefficient (Wildman–Crippen LogP) is 1.66. The lowest BCUT2D eigenvalue weighted by atomic mass is 9.96. The first-order valence-electron chi connectivity index (χ1n) is 5.36. The minimum absolute atomic E-state index is 0.00118. The summed E-state index contributed by atoms with van der Waals surface area (Å²) < 4.78 is 4.88. The standard InChI is InChI=1S/C12H21NO3/c1-9(2)10(14)16-8-6-7-13-11(15)12(3,4)5/h1,6-8H2,2-5H3,(H,13,15). The molecule has 0 aromatic heterocycles. The molecule has 0 fully saturated rings. The molecular formula is C12H21NO3. The lowest BCUT2D eigenvalue weighted by Crippen LogP contribution is -2.35. The van der Waals surface area contributed by atoms with Crippen molar-refractivity contribution in [1.82, 2.24) is 5.32 Å². The average molecular weight is 227 g/mol. The molecule has 0 aliphatic heterocycles. The monoisotopic (exact) mass is 227 g/mol. The van der Waals surface area contributed by atoms with Gasteiger partial charge in [0.1, 0.15) is 0 Å². The minimum Gasteiger partial charge on any atom is -0.462 e. The van der Waals surface area contributed by atoms with Crippen molar-refractivity contribution in [1.29, 1.82) is 0 Å². The van der Waals surface area contributed by atoms with Crippen LogP contribution in [0.2, 0.25) is 0 Å². The molecular weight excluding hydrogens is 206 g/mol. The van der Waals surface area contributed by atoms with E-state index in [4.69, 9.17) is 4.74 Å². The Bertz CT molecular complexity index is 276. The third-order valence-electron chi connectivity index (χ3n) is 1.87. The van der Waals surface area contributed by atoms with Gasteiger partial charge in [0, 0.05) is 17.5 Å². The maximum atomic E-state index is 11.4. The molecule has 0 radical (unpaired) electrons.